The van der Waals surface area contributed by atoms with Gasteiger partial charge in [-0.2, -0.15) is 0 Å². The van der Waals surface area contributed by atoms with Crippen LogP contribution in [0.5, 0.6) is 0 Å². The van der Waals surface area contributed by atoms with Crippen LogP contribution in [0.2, 0.25) is 0 Å². The van der Waals surface area contributed by atoms with E-state index in [-0.39, 0.29) is 17.5 Å². The van der Waals surface area contributed by atoms with Crippen LogP contribution in [-0.2, 0) is 9.53 Å². The number of carbonyl (C=O) groups excluding carboxylic acids is 1. The van der Waals surface area contributed by atoms with Gasteiger partial charge < -0.3 is 10.5 Å². The molecule has 0 aromatic rings. The summed E-state index contributed by atoms with van der Waals surface area (Å²) in [6.07, 6.45) is 6.22. The van der Waals surface area contributed by atoms with Gasteiger partial charge in [0.1, 0.15) is 11.6 Å². The van der Waals surface area contributed by atoms with Crippen molar-refractivity contribution in [3.8, 4) is 0 Å². The minimum Gasteiger partial charge on any atom is -0.460 e. The SMILES string of the molecule is CC1(C)C2CCC1(C)C(OC(=O)C1(N)CCC1)C2. The van der Waals surface area contributed by atoms with Crippen LogP contribution in [0, 0.1) is 16.7 Å². The maximum atomic E-state index is 12.2. The highest BCUT2D eigenvalue weighted by atomic mass is 16.5. The number of fused-ring (bicyclic) bond motifs is 2. The number of rotatable bonds is 2. The lowest BCUT2D eigenvalue weighted by Gasteiger charge is -2.41. The average Bonchev–Trinajstić information content (AvgIpc) is 2.58. The fourth-order valence-corrected chi connectivity index (χ4v) is 4.32. The first kappa shape index (κ1) is 12.5. The summed E-state index contributed by atoms with van der Waals surface area (Å²) in [6.45, 7) is 6.96. The zero-order valence-electron chi connectivity index (χ0n) is 11.8. The first-order valence-corrected chi connectivity index (χ1v) is 7.30. The van der Waals surface area contributed by atoms with Crippen molar-refractivity contribution < 1.29 is 9.53 Å². The maximum Gasteiger partial charge on any atom is 0.326 e. The molecule has 2 N–H and O–H groups in total. The highest BCUT2D eigenvalue weighted by Gasteiger charge is 2.63. The molecule has 0 aliphatic heterocycles. The molecule has 0 amide bonds. The van der Waals surface area contributed by atoms with Gasteiger partial charge in [0.05, 0.1) is 0 Å². The van der Waals surface area contributed by atoms with Gasteiger partial charge in [-0.15, -0.1) is 0 Å². The molecule has 3 saturated carbocycles. The molecule has 3 heteroatoms. The average molecular weight is 251 g/mol. The normalized spacial score (nSPS) is 43.6. The Bertz CT molecular complexity index is 386. The summed E-state index contributed by atoms with van der Waals surface area (Å²) in [5.41, 5.74) is 5.83. The van der Waals surface area contributed by atoms with Gasteiger partial charge in [-0.25, -0.2) is 0 Å². The zero-order chi connectivity index (χ0) is 13.2. The lowest BCUT2D eigenvalue weighted by atomic mass is 9.70. The Morgan fingerprint density at radius 1 is 1.22 bits per heavy atom. The van der Waals surface area contributed by atoms with Gasteiger partial charge in [-0.05, 0) is 49.9 Å². The van der Waals surface area contributed by atoms with Crippen molar-refractivity contribution in [1.29, 1.82) is 0 Å². The fourth-order valence-electron chi connectivity index (χ4n) is 4.32. The predicted octanol–water partition coefficient (Wildman–Crippen LogP) is 2.63. The molecule has 102 valence electrons. The minimum atomic E-state index is -0.664. The van der Waals surface area contributed by atoms with Crippen LogP contribution < -0.4 is 5.73 Å². The Labute approximate surface area is 109 Å². The van der Waals surface area contributed by atoms with E-state index in [2.05, 4.69) is 20.8 Å². The third-order valence-electron chi connectivity index (χ3n) is 6.62. The van der Waals surface area contributed by atoms with Crippen LogP contribution in [0.3, 0.4) is 0 Å². The van der Waals surface area contributed by atoms with Crippen molar-refractivity contribution in [1.82, 2.24) is 0 Å². The highest BCUT2D eigenvalue weighted by Crippen LogP contribution is 2.66. The summed E-state index contributed by atoms with van der Waals surface area (Å²) in [6, 6.07) is 0. The fraction of sp³-hybridized carbons (Fsp3) is 0.933. The molecule has 3 atom stereocenters. The van der Waals surface area contributed by atoms with Crippen molar-refractivity contribution in [2.45, 2.75) is 70.9 Å². The number of nitrogens with two attached hydrogens (primary N) is 1. The van der Waals surface area contributed by atoms with Crippen molar-refractivity contribution in [2.24, 2.45) is 22.5 Å². The zero-order valence-corrected chi connectivity index (χ0v) is 11.8. The summed E-state index contributed by atoms with van der Waals surface area (Å²) in [4.78, 5) is 12.2. The van der Waals surface area contributed by atoms with Crippen LogP contribution in [0.25, 0.3) is 0 Å². The molecule has 3 fully saturated rings. The Morgan fingerprint density at radius 2 is 1.89 bits per heavy atom. The van der Waals surface area contributed by atoms with Gasteiger partial charge in [0.2, 0.25) is 0 Å². The van der Waals surface area contributed by atoms with E-state index >= 15 is 0 Å². The molecule has 0 saturated heterocycles. The van der Waals surface area contributed by atoms with E-state index in [1.54, 1.807) is 0 Å². The van der Waals surface area contributed by atoms with Crippen molar-refractivity contribution in [2.75, 3.05) is 0 Å². The Hall–Kier alpha value is -0.570. The van der Waals surface area contributed by atoms with E-state index in [1.165, 1.54) is 12.8 Å². The van der Waals surface area contributed by atoms with E-state index < -0.39 is 5.54 Å². The second-order valence-electron chi connectivity index (χ2n) is 7.51. The molecule has 3 rings (SSSR count). The van der Waals surface area contributed by atoms with Gasteiger partial charge in [0.15, 0.2) is 0 Å². The lowest BCUT2D eigenvalue weighted by molar-refractivity contribution is -0.167. The molecule has 3 aliphatic carbocycles. The summed E-state index contributed by atoms with van der Waals surface area (Å²) in [5.74, 6) is 0.554. The number of esters is 1. The summed E-state index contributed by atoms with van der Waals surface area (Å²) in [5, 5.41) is 0. The molecular weight excluding hydrogens is 226 g/mol. The third kappa shape index (κ3) is 1.37. The minimum absolute atomic E-state index is 0.0831. The van der Waals surface area contributed by atoms with Crippen LogP contribution in [0.1, 0.15) is 59.3 Å². The van der Waals surface area contributed by atoms with Crippen LogP contribution in [-0.4, -0.2) is 17.6 Å². The van der Waals surface area contributed by atoms with E-state index in [1.807, 2.05) is 0 Å². The van der Waals surface area contributed by atoms with E-state index in [9.17, 15) is 4.79 Å². The van der Waals surface area contributed by atoms with Gasteiger partial charge in [0.25, 0.3) is 0 Å². The summed E-state index contributed by atoms with van der Waals surface area (Å²) < 4.78 is 5.83. The molecule has 3 unspecified atom stereocenters. The van der Waals surface area contributed by atoms with Gasteiger partial charge in [-0.1, -0.05) is 20.8 Å². The topological polar surface area (TPSA) is 52.3 Å². The largest absolute Gasteiger partial charge is 0.460 e. The Balaban J connectivity index is 1.74. The van der Waals surface area contributed by atoms with Crippen molar-refractivity contribution in [3.05, 3.63) is 0 Å². The number of hydrogen-bond donors (Lipinski definition) is 1. The highest BCUT2D eigenvalue weighted by molar-refractivity contribution is 5.81. The molecule has 3 aliphatic rings. The van der Waals surface area contributed by atoms with E-state index in [4.69, 9.17) is 10.5 Å². The molecule has 3 nitrogen and oxygen atoms in total. The van der Waals surface area contributed by atoms with E-state index in [0.29, 0.717) is 11.3 Å². The Morgan fingerprint density at radius 3 is 2.28 bits per heavy atom. The summed E-state index contributed by atoms with van der Waals surface area (Å²) >= 11 is 0. The quantitative estimate of drug-likeness (QED) is 0.768. The van der Waals surface area contributed by atoms with Gasteiger partial charge in [0, 0.05) is 5.41 Å². The molecule has 2 bridgehead atoms. The second kappa shape index (κ2) is 3.50. The van der Waals surface area contributed by atoms with Gasteiger partial charge in [-0.3, -0.25) is 4.79 Å². The molecule has 0 radical (unpaired) electrons. The first-order chi connectivity index (χ1) is 8.30. The molecule has 0 heterocycles. The standard InChI is InChI=1S/C15H25NO2/c1-13(2)10-5-8-14(13,3)11(9-10)18-12(17)15(16)6-4-7-15/h10-11H,4-9,16H2,1-3H3. The molecule has 0 aromatic heterocycles. The van der Waals surface area contributed by atoms with Crippen molar-refractivity contribution >= 4 is 5.97 Å². The molecule has 0 aromatic carbocycles. The number of carbonyl (C=O) groups is 1. The predicted molar refractivity (Wildman–Crippen MR) is 69.9 cm³/mol. The monoisotopic (exact) mass is 251 g/mol. The number of hydrogen-bond acceptors (Lipinski definition) is 3. The molecular formula is C15H25NO2. The van der Waals surface area contributed by atoms with Crippen LogP contribution in [0.4, 0.5) is 0 Å². The van der Waals surface area contributed by atoms with Crippen molar-refractivity contribution in [3.63, 3.8) is 0 Å². The molecule has 0 spiro atoms. The second-order valence-corrected chi connectivity index (χ2v) is 7.51. The van der Waals surface area contributed by atoms with E-state index in [0.717, 1.165) is 25.7 Å². The third-order valence-corrected chi connectivity index (χ3v) is 6.62. The number of ether oxygens (including phenoxy) is 1. The lowest BCUT2D eigenvalue weighted by Crippen LogP contribution is -2.56. The van der Waals surface area contributed by atoms with Crippen LogP contribution in [0.15, 0.2) is 0 Å². The smallest absolute Gasteiger partial charge is 0.326 e. The maximum absolute atomic E-state index is 12.2. The molecule has 18 heavy (non-hydrogen) atoms. The van der Waals surface area contributed by atoms with Crippen LogP contribution >= 0.6 is 0 Å². The summed E-state index contributed by atoms with van der Waals surface area (Å²) in [7, 11) is 0. The Kier molecular flexibility index (Phi) is 2.42. The van der Waals surface area contributed by atoms with Gasteiger partial charge >= 0.3 is 5.97 Å². The first-order valence-electron chi connectivity index (χ1n) is 7.30.